The van der Waals surface area contributed by atoms with Crippen LogP contribution in [-0.2, 0) is 6.54 Å². The molecule has 0 radical (unpaired) electrons. The summed E-state index contributed by atoms with van der Waals surface area (Å²) in [6.45, 7) is 9.37. The highest BCUT2D eigenvalue weighted by Gasteiger charge is 2.18. The number of nitrogens with zero attached hydrogens (tertiary/aromatic N) is 3. The fourth-order valence-corrected chi connectivity index (χ4v) is 1.94. The van der Waals surface area contributed by atoms with Gasteiger partial charge in [0.25, 0.3) is 5.91 Å². The van der Waals surface area contributed by atoms with Crippen molar-refractivity contribution in [2.45, 2.75) is 20.4 Å². The van der Waals surface area contributed by atoms with Crippen molar-refractivity contribution < 1.29 is 9.21 Å². The van der Waals surface area contributed by atoms with Gasteiger partial charge in [0.15, 0.2) is 5.76 Å². The summed E-state index contributed by atoms with van der Waals surface area (Å²) in [4.78, 5) is 14.0. The maximum Gasteiger partial charge on any atom is 0.289 e. The standard InChI is InChI=1S/C15H19N3O2/c1-4-17(10-12(2)3)15(19)14-7-6-13(20-14)11-18-9-5-8-16-18/h5-9H,2,4,10-11H2,1,3H3. The molecule has 0 aliphatic rings. The van der Waals surface area contributed by atoms with Crippen LogP contribution in [0.4, 0.5) is 0 Å². The molecule has 0 aromatic carbocycles. The molecule has 0 spiro atoms. The predicted molar refractivity (Wildman–Crippen MR) is 76.4 cm³/mol. The fraction of sp³-hybridized carbons (Fsp3) is 0.333. The first-order chi connectivity index (χ1) is 9.60. The monoisotopic (exact) mass is 273 g/mol. The van der Waals surface area contributed by atoms with Crippen LogP contribution in [0.1, 0.15) is 30.2 Å². The van der Waals surface area contributed by atoms with E-state index in [1.54, 1.807) is 21.8 Å². The second-order valence-electron chi connectivity index (χ2n) is 4.75. The lowest BCUT2D eigenvalue weighted by molar-refractivity contribution is 0.0744. The van der Waals surface area contributed by atoms with Gasteiger partial charge >= 0.3 is 0 Å². The van der Waals surface area contributed by atoms with E-state index in [1.165, 1.54) is 0 Å². The van der Waals surface area contributed by atoms with Crippen molar-refractivity contribution in [1.29, 1.82) is 0 Å². The Morgan fingerprint density at radius 3 is 2.90 bits per heavy atom. The van der Waals surface area contributed by atoms with Gasteiger partial charge in [0.2, 0.25) is 0 Å². The molecule has 5 nitrogen and oxygen atoms in total. The molecule has 2 aromatic heterocycles. The molecule has 20 heavy (non-hydrogen) atoms. The quantitative estimate of drug-likeness (QED) is 0.760. The largest absolute Gasteiger partial charge is 0.454 e. The number of rotatable bonds is 6. The number of likely N-dealkylation sites (N-methyl/N-ethyl adjacent to an activating group) is 1. The van der Waals surface area contributed by atoms with Crippen LogP contribution in [0.25, 0.3) is 0 Å². The highest BCUT2D eigenvalue weighted by Crippen LogP contribution is 2.12. The maximum atomic E-state index is 12.3. The van der Waals surface area contributed by atoms with E-state index in [4.69, 9.17) is 4.42 Å². The Hall–Kier alpha value is -2.30. The molecular weight excluding hydrogens is 254 g/mol. The highest BCUT2D eigenvalue weighted by atomic mass is 16.4. The van der Waals surface area contributed by atoms with Crippen LogP contribution in [0.2, 0.25) is 0 Å². The first kappa shape index (κ1) is 14.1. The van der Waals surface area contributed by atoms with Crippen LogP contribution in [0, 0.1) is 0 Å². The zero-order valence-corrected chi connectivity index (χ0v) is 11.9. The number of aromatic nitrogens is 2. The Kier molecular flexibility index (Phi) is 4.40. The molecule has 2 aromatic rings. The van der Waals surface area contributed by atoms with Crippen LogP contribution in [0.15, 0.2) is 47.2 Å². The summed E-state index contributed by atoms with van der Waals surface area (Å²) < 4.78 is 7.35. The normalized spacial score (nSPS) is 10.5. The molecule has 106 valence electrons. The summed E-state index contributed by atoms with van der Waals surface area (Å²) in [5.74, 6) is 0.959. The molecule has 0 saturated heterocycles. The summed E-state index contributed by atoms with van der Waals surface area (Å²) in [7, 11) is 0. The molecule has 0 bridgehead atoms. The summed E-state index contributed by atoms with van der Waals surface area (Å²) in [5.41, 5.74) is 0.948. The third kappa shape index (κ3) is 3.38. The maximum absolute atomic E-state index is 12.3. The van der Waals surface area contributed by atoms with Crippen molar-refractivity contribution in [1.82, 2.24) is 14.7 Å². The van der Waals surface area contributed by atoms with Crippen molar-refractivity contribution in [2.75, 3.05) is 13.1 Å². The molecular formula is C15H19N3O2. The predicted octanol–water partition coefficient (Wildman–Crippen LogP) is 2.56. The second kappa shape index (κ2) is 6.23. The minimum Gasteiger partial charge on any atom is -0.454 e. The Morgan fingerprint density at radius 1 is 1.50 bits per heavy atom. The number of furan rings is 1. The van der Waals surface area contributed by atoms with Crippen molar-refractivity contribution >= 4 is 5.91 Å². The van der Waals surface area contributed by atoms with E-state index in [9.17, 15) is 4.79 Å². The van der Waals surface area contributed by atoms with Gasteiger partial charge in [-0.25, -0.2) is 0 Å². The number of hydrogen-bond donors (Lipinski definition) is 0. The fourth-order valence-electron chi connectivity index (χ4n) is 1.94. The van der Waals surface area contributed by atoms with Gasteiger partial charge in [-0.05, 0) is 32.0 Å². The van der Waals surface area contributed by atoms with E-state index in [1.807, 2.05) is 32.2 Å². The van der Waals surface area contributed by atoms with Gasteiger partial charge in [0.05, 0.1) is 6.54 Å². The Morgan fingerprint density at radius 2 is 2.30 bits per heavy atom. The topological polar surface area (TPSA) is 51.3 Å². The zero-order valence-electron chi connectivity index (χ0n) is 11.9. The lowest BCUT2D eigenvalue weighted by atomic mass is 10.3. The van der Waals surface area contributed by atoms with Crippen LogP contribution in [0.5, 0.6) is 0 Å². The molecule has 0 aliphatic heterocycles. The average molecular weight is 273 g/mol. The van der Waals surface area contributed by atoms with Gasteiger partial charge in [-0.3, -0.25) is 9.48 Å². The first-order valence-electron chi connectivity index (χ1n) is 6.60. The van der Waals surface area contributed by atoms with E-state index in [2.05, 4.69) is 11.7 Å². The van der Waals surface area contributed by atoms with E-state index in [0.29, 0.717) is 31.2 Å². The van der Waals surface area contributed by atoms with E-state index < -0.39 is 0 Å². The molecule has 0 fully saturated rings. The molecule has 0 unspecified atom stereocenters. The lowest BCUT2D eigenvalue weighted by Crippen LogP contribution is -2.31. The van der Waals surface area contributed by atoms with Gasteiger partial charge in [-0.2, -0.15) is 5.10 Å². The summed E-state index contributed by atoms with van der Waals surface area (Å²) in [5, 5.41) is 4.11. The Balaban J connectivity index is 2.07. The van der Waals surface area contributed by atoms with Crippen molar-refractivity contribution in [3.63, 3.8) is 0 Å². The molecule has 5 heteroatoms. The molecule has 2 rings (SSSR count). The number of carbonyl (C=O) groups is 1. The summed E-state index contributed by atoms with van der Waals surface area (Å²) >= 11 is 0. The molecule has 2 heterocycles. The zero-order chi connectivity index (χ0) is 14.5. The third-order valence-corrected chi connectivity index (χ3v) is 2.88. The Bertz CT molecular complexity index is 584. The first-order valence-corrected chi connectivity index (χ1v) is 6.60. The van der Waals surface area contributed by atoms with Gasteiger partial charge in [-0.1, -0.05) is 12.2 Å². The summed E-state index contributed by atoms with van der Waals surface area (Å²) in [6, 6.07) is 5.37. The second-order valence-corrected chi connectivity index (χ2v) is 4.75. The van der Waals surface area contributed by atoms with Crippen molar-refractivity contribution in [2.24, 2.45) is 0 Å². The van der Waals surface area contributed by atoms with Gasteiger partial charge < -0.3 is 9.32 Å². The minimum atomic E-state index is -0.109. The third-order valence-electron chi connectivity index (χ3n) is 2.88. The van der Waals surface area contributed by atoms with Gasteiger partial charge in [0, 0.05) is 25.5 Å². The number of hydrogen-bond acceptors (Lipinski definition) is 3. The van der Waals surface area contributed by atoms with Gasteiger partial charge in [0.1, 0.15) is 5.76 Å². The van der Waals surface area contributed by atoms with Crippen LogP contribution >= 0.6 is 0 Å². The van der Waals surface area contributed by atoms with Gasteiger partial charge in [-0.15, -0.1) is 0 Å². The Labute approximate surface area is 118 Å². The van der Waals surface area contributed by atoms with Crippen LogP contribution in [-0.4, -0.2) is 33.7 Å². The molecule has 0 aliphatic carbocycles. The minimum absolute atomic E-state index is 0.109. The molecule has 0 saturated carbocycles. The van der Waals surface area contributed by atoms with Crippen LogP contribution < -0.4 is 0 Å². The highest BCUT2D eigenvalue weighted by molar-refractivity contribution is 5.91. The van der Waals surface area contributed by atoms with E-state index in [-0.39, 0.29) is 5.91 Å². The van der Waals surface area contributed by atoms with Crippen LogP contribution in [0.3, 0.4) is 0 Å². The van der Waals surface area contributed by atoms with E-state index >= 15 is 0 Å². The SMILES string of the molecule is C=C(C)CN(CC)C(=O)c1ccc(Cn2cccn2)o1. The molecule has 0 N–H and O–H groups in total. The molecule has 0 atom stereocenters. The smallest absolute Gasteiger partial charge is 0.289 e. The summed E-state index contributed by atoms with van der Waals surface area (Å²) in [6.07, 6.45) is 3.56. The van der Waals surface area contributed by atoms with Crippen molar-refractivity contribution in [3.8, 4) is 0 Å². The van der Waals surface area contributed by atoms with E-state index in [0.717, 1.165) is 5.57 Å². The average Bonchev–Trinajstić information content (AvgIpc) is 3.07. The lowest BCUT2D eigenvalue weighted by Gasteiger charge is -2.19. The molecule has 1 amide bonds. The number of carbonyl (C=O) groups excluding carboxylic acids is 1. The number of amides is 1. The van der Waals surface area contributed by atoms with Crippen molar-refractivity contribution in [3.05, 3.63) is 54.3 Å².